The SMILES string of the molecule is Cc1cc(C(=O)C(O)C2CCCCC2)cs1. The Balaban J connectivity index is 2.03. The molecule has 0 saturated heterocycles. The third kappa shape index (κ3) is 2.53. The van der Waals surface area contributed by atoms with Crippen molar-refractivity contribution in [2.75, 3.05) is 0 Å². The van der Waals surface area contributed by atoms with Crippen LogP contribution in [0.1, 0.15) is 47.3 Å². The third-order valence-electron chi connectivity index (χ3n) is 3.38. The van der Waals surface area contributed by atoms with E-state index in [9.17, 15) is 9.90 Å². The maximum absolute atomic E-state index is 12.0. The first-order valence-corrected chi connectivity index (χ1v) is 6.84. The van der Waals surface area contributed by atoms with Gasteiger partial charge in [-0.15, -0.1) is 11.3 Å². The van der Waals surface area contributed by atoms with Crippen molar-refractivity contribution < 1.29 is 9.90 Å². The first-order chi connectivity index (χ1) is 7.68. The average Bonchev–Trinajstić information content (AvgIpc) is 2.75. The fourth-order valence-electron chi connectivity index (χ4n) is 2.41. The number of aliphatic hydroxyl groups is 1. The van der Waals surface area contributed by atoms with Crippen molar-refractivity contribution in [1.29, 1.82) is 0 Å². The molecule has 1 aromatic heterocycles. The van der Waals surface area contributed by atoms with Crippen LogP contribution < -0.4 is 0 Å². The van der Waals surface area contributed by atoms with Gasteiger partial charge in [-0.1, -0.05) is 19.3 Å². The molecule has 16 heavy (non-hydrogen) atoms. The van der Waals surface area contributed by atoms with Crippen molar-refractivity contribution in [3.8, 4) is 0 Å². The first-order valence-electron chi connectivity index (χ1n) is 5.96. The van der Waals surface area contributed by atoms with Crippen LogP contribution in [-0.2, 0) is 0 Å². The van der Waals surface area contributed by atoms with E-state index in [-0.39, 0.29) is 11.7 Å². The summed E-state index contributed by atoms with van der Waals surface area (Å²) in [6.07, 6.45) is 4.76. The quantitative estimate of drug-likeness (QED) is 0.821. The van der Waals surface area contributed by atoms with Crippen LogP contribution in [0.25, 0.3) is 0 Å². The molecular weight excluding hydrogens is 220 g/mol. The van der Waals surface area contributed by atoms with Crippen molar-refractivity contribution in [3.05, 3.63) is 21.9 Å². The van der Waals surface area contributed by atoms with Gasteiger partial charge in [-0.3, -0.25) is 4.79 Å². The van der Waals surface area contributed by atoms with Crippen LogP contribution in [0.4, 0.5) is 0 Å². The van der Waals surface area contributed by atoms with E-state index < -0.39 is 6.10 Å². The standard InChI is InChI=1S/C13H18O2S/c1-9-7-11(8-16-9)13(15)12(14)10-5-3-2-4-6-10/h7-8,10,12,14H,2-6H2,1H3. The van der Waals surface area contributed by atoms with Crippen molar-refractivity contribution in [3.63, 3.8) is 0 Å². The Hall–Kier alpha value is -0.670. The summed E-state index contributed by atoms with van der Waals surface area (Å²) < 4.78 is 0. The lowest BCUT2D eigenvalue weighted by Crippen LogP contribution is -2.30. The van der Waals surface area contributed by atoms with Crippen molar-refractivity contribution in [2.24, 2.45) is 5.92 Å². The number of hydrogen-bond acceptors (Lipinski definition) is 3. The van der Waals surface area contributed by atoms with E-state index in [4.69, 9.17) is 0 Å². The zero-order chi connectivity index (χ0) is 11.5. The lowest BCUT2D eigenvalue weighted by Gasteiger charge is -2.25. The molecule has 1 saturated carbocycles. The molecule has 0 bridgehead atoms. The number of Topliss-reactive ketones (excluding diaryl/α,β-unsaturated/α-hetero) is 1. The number of carbonyl (C=O) groups excluding carboxylic acids is 1. The van der Waals surface area contributed by atoms with Crippen molar-refractivity contribution >= 4 is 17.1 Å². The summed E-state index contributed by atoms with van der Waals surface area (Å²) >= 11 is 1.56. The predicted octanol–water partition coefficient (Wildman–Crippen LogP) is 3.18. The van der Waals surface area contributed by atoms with Crippen LogP contribution in [0, 0.1) is 12.8 Å². The number of rotatable bonds is 3. The number of aryl methyl sites for hydroxylation is 1. The van der Waals surface area contributed by atoms with Gasteiger partial charge in [0.15, 0.2) is 5.78 Å². The van der Waals surface area contributed by atoms with Crippen molar-refractivity contribution in [2.45, 2.75) is 45.1 Å². The van der Waals surface area contributed by atoms with Gasteiger partial charge in [-0.2, -0.15) is 0 Å². The van der Waals surface area contributed by atoms with Crippen LogP contribution >= 0.6 is 11.3 Å². The monoisotopic (exact) mass is 238 g/mol. The highest BCUT2D eigenvalue weighted by Crippen LogP contribution is 2.28. The number of aliphatic hydroxyl groups excluding tert-OH is 1. The molecule has 1 fully saturated rings. The Morgan fingerprint density at radius 1 is 1.44 bits per heavy atom. The van der Waals surface area contributed by atoms with E-state index in [1.807, 2.05) is 18.4 Å². The number of hydrogen-bond donors (Lipinski definition) is 1. The molecule has 2 rings (SSSR count). The molecule has 1 atom stereocenters. The van der Waals surface area contributed by atoms with Gasteiger partial charge in [-0.25, -0.2) is 0 Å². The summed E-state index contributed by atoms with van der Waals surface area (Å²) in [4.78, 5) is 13.1. The average molecular weight is 238 g/mol. The van der Waals surface area contributed by atoms with Gasteiger partial charge in [0, 0.05) is 15.8 Å². The minimum absolute atomic E-state index is 0.0868. The van der Waals surface area contributed by atoms with Crippen LogP contribution in [-0.4, -0.2) is 17.0 Å². The number of ketones is 1. The van der Waals surface area contributed by atoms with Gasteiger partial charge < -0.3 is 5.11 Å². The molecule has 88 valence electrons. The fraction of sp³-hybridized carbons (Fsp3) is 0.615. The number of thiophene rings is 1. The summed E-state index contributed by atoms with van der Waals surface area (Å²) in [5.74, 6) is 0.0951. The Morgan fingerprint density at radius 3 is 2.69 bits per heavy atom. The molecule has 1 N–H and O–H groups in total. The molecule has 1 aromatic rings. The zero-order valence-electron chi connectivity index (χ0n) is 9.61. The summed E-state index contributed by atoms with van der Waals surface area (Å²) in [5.41, 5.74) is 0.681. The highest BCUT2D eigenvalue weighted by molar-refractivity contribution is 7.10. The smallest absolute Gasteiger partial charge is 0.192 e. The highest BCUT2D eigenvalue weighted by atomic mass is 32.1. The molecular formula is C13H18O2S. The van der Waals surface area contributed by atoms with Gasteiger partial charge in [0.25, 0.3) is 0 Å². The summed E-state index contributed by atoms with van der Waals surface area (Å²) in [7, 11) is 0. The van der Waals surface area contributed by atoms with Crippen molar-refractivity contribution in [1.82, 2.24) is 0 Å². The van der Waals surface area contributed by atoms with Gasteiger partial charge >= 0.3 is 0 Å². The molecule has 0 radical (unpaired) electrons. The lowest BCUT2D eigenvalue weighted by atomic mass is 9.83. The molecule has 0 amide bonds. The summed E-state index contributed by atoms with van der Waals surface area (Å²) in [6, 6.07) is 1.87. The Kier molecular flexibility index (Phi) is 3.77. The molecule has 2 nitrogen and oxygen atoms in total. The third-order valence-corrected chi connectivity index (χ3v) is 4.24. The van der Waals surface area contributed by atoms with Gasteiger partial charge in [0.2, 0.25) is 0 Å². The highest BCUT2D eigenvalue weighted by Gasteiger charge is 2.28. The topological polar surface area (TPSA) is 37.3 Å². The minimum atomic E-state index is -0.783. The molecule has 3 heteroatoms. The second kappa shape index (κ2) is 5.11. The molecule has 0 spiro atoms. The van der Waals surface area contributed by atoms with E-state index in [1.54, 1.807) is 11.3 Å². The summed E-state index contributed by atoms with van der Waals surface area (Å²) in [5, 5.41) is 11.9. The number of carbonyl (C=O) groups is 1. The van der Waals surface area contributed by atoms with Crippen LogP contribution in [0.2, 0.25) is 0 Å². The van der Waals surface area contributed by atoms with E-state index in [0.717, 1.165) is 30.6 Å². The van der Waals surface area contributed by atoms with E-state index in [1.165, 1.54) is 6.42 Å². The first kappa shape index (κ1) is 11.8. The van der Waals surface area contributed by atoms with E-state index in [2.05, 4.69) is 0 Å². The van der Waals surface area contributed by atoms with Gasteiger partial charge in [0.05, 0.1) is 0 Å². The van der Waals surface area contributed by atoms with Crippen LogP contribution in [0.5, 0.6) is 0 Å². The Morgan fingerprint density at radius 2 is 2.12 bits per heavy atom. The van der Waals surface area contributed by atoms with Gasteiger partial charge in [-0.05, 0) is 31.7 Å². The van der Waals surface area contributed by atoms with E-state index >= 15 is 0 Å². The summed E-state index contributed by atoms with van der Waals surface area (Å²) in [6.45, 7) is 1.98. The van der Waals surface area contributed by atoms with Crippen LogP contribution in [0.15, 0.2) is 11.4 Å². The van der Waals surface area contributed by atoms with Gasteiger partial charge in [0.1, 0.15) is 6.10 Å². The molecule has 1 heterocycles. The Bertz CT molecular complexity index is 364. The predicted molar refractivity (Wildman–Crippen MR) is 66.0 cm³/mol. The molecule has 1 aliphatic rings. The zero-order valence-corrected chi connectivity index (χ0v) is 10.4. The normalized spacial score (nSPS) is 19.6. The fourth-order valence-corrected chi connectivity index (χ4v) is 3.10. The van der Waals surface area contributed by atoms with E-state index in [0.29, 0.717) is 5.56 Å². The molecule has 1 unspecified atom stereocenters. The van der Waals surface area contributed by atoms with Crippen LogP contribution in [0.3, 0.4) is 0 Å². The molecule has 1 aliphatic carbocycles. The molecule has 0 aromatic carbocycles. The second-order valence-corrected chi connectivity index (χ2v) is 5.77. The minimum Gasteiger partial charge on any atom is -0.385 e. The maximum atomic E-state index is 12.0. The lowest BCUT2D eigenvalue weighted by molar-refractivity contribution is 0.0535. The molecule has 0 aliphatic heterocycles. The Labute approximate surface area is 100 Å². The largest absolute Gasteiger partial charge is 0.385 e. The maximum Gasteiger partial charge on any atom is 0.192 e. The second-order valence-electron chi connectivity index (χ2n) is 4.65.